The van der Waals surface area contributed by atoms with E-state index in [1.54, 1.807) is 22.7 Å². The Morgan fingerprint density at radius 2 is 2.31 bits per heavy atom. The van der Waals surface area contributed by atoms with Gasteiger partial charge in [0, 0.05) is 0 Å². The van der Waals surface area contributed by atoms with Gasteiger partial charge in [0.05, 0.1) is 10.9 Å². The summed E-state index contributed by atoms with van der Waals surface area (Å²) in [5.74, 6) is 0. The molecule has 0 aliphatic carbocycles. The maximum atomic E-state index is 5.69. The van der Waals surface area contributed by atoms with Gasteiger partial charge in [-0.2, -0.15) is 0 Å². The Labute approximate surface area is 84.2 Å². The molecule has 0 aliphatic heterocycles. The summed E-state index contributed by atoms with van der Waals surface area (Å²) in [5.41, 5.74) is 5.69. The number of nitrogens with two attached hydrogens (primary N) is 1. The fourth-order valence-corrected chi connectivity index (χ4v) is 2.51. The minimum Gasteiger partial charge on any atom is -0.322 e. The zero-order chi connectivity index (χ0) is 9.26. The second-order valence-corrected chi connectivity index (χ2v) is 4.67. The van der Waals surface area contributed by atoms with Crippen LogP contribution in [-0.4, -0.2) is 10.2 Å². The van der Waals surface area contributed by atoms with Crippen LogP contribution in [0.5, 0.6) is 0 Å². The number of hydrogen-bond acceptors (Lipinski definition) is 5. The summed E-state index contributed by atoms with van der Waals surface area (Å²) in [6.07, 6.45) is 0. The molecule has 13 heavy (non-hydrogen) atoms. The number of thiophene rings is 1. The standard InChI is InChI=1S/C8H9N3S2/c1-5(9)7-10-11-8(13-7)6-3-2-4-12-6/h2-5H,9H2,1H3. The lowest BCUT2D eigenvalue weighted by Crippen LogP contribution is -2.03. The molecular formula is C8H9N3S2. The molecule has 0 spiro atoms. The van der Waals surface area contributed by atoms with E-state index in [2.05, 4.69) is 10.2 Å². The molecule has 1 atom stereocenters. The molecule has 0 aromatic carbocycles. The molecule has 2 N–H and O–H groups in total. The van der Waals surface area contributed by atoms with Gasteiger partial charge in [-0.25, -0.2) is 0 Å². The highest BCUT2D eigenvalue weighted by Gasteiger charge is 2.09. The largest absolute Gasteiger partial charge is 0.322 e. The molecule has 1 unspecified atom stereocenters. The lowest BCUT2D eigenvalue weighted by molar-refractivity contribution is 0.786. The van der Waals surface area contributed by atoms with E-state index in [1.807, 2.05) is 24.4 Å². The van der Waals surface area contributed by atoms with Crippen molar-refractivity contribution in [3.05, 3.63) is 22.5 Å². The van der Waals surface area contributed by atoms with Gasteiger partial charge in [-0.05, 0) is 18.4 Å². The Morgan fingerprint density at radius 1 is 1.46 bits per heavy atom. The third-order valence-corrected chi connectivity index (χ3v) is 3.73. The number of hydrogen-bond donors (Lipinski definition) is 1. The lowest BCUT2D eigenvalue weighted by atomic mass is 10.4. The van der Waals surface area contributed by atoms with Crippen LogP contribution in [0.2, 0.25) is 0 Å². The quantitative estimate of drug-likeness (QED) is 0.829. The molecule has 3 nitrogen and oxygen atoms in total. The van der Waals surface area contributed by atoms with Crippen molar-refractivity contribution < 1.29 is 0 Å². The van der Waals surface area contributed by atoms with Crippen molar-refractivity contribution in [3.63, 3.8) is 0 Å². The highest BCUT2D eigenvalue weighted by molar-refractivity contribution is 7.20. The summed E-state index contributed by atoms with van der Waals surface area (Å²) in [6.45, 7) is 1.92. The maximum absolute atomic E-state index is 5.69. The molecule has 68 valence electrons. The van der Waals surface area contributed by atoms with Gasteiger partial charge in [0.25, 0.3) is 0 Å². The van der Waals surface area contributed by atoms with E-state index in [0.717, 1.165) is 14.9 Å². The zero-order valence-corrected chi connectivity index (χ0v) is 8.73. The van der Waals surface area contributed by atoms with Gasteiger partial charge in [-0.3, -0.25) is 0 Å². The van der Waals surface area contributed by atoms with Crippen molar-refractivity contribution in [2.24, 2.45) is 5.73 Å². The van der Waals surface area contributed by atoms with Crippen molar-refractivity contribution in [1.82, 2.24) is 10.2 Å². The number of rotatable bonds is 2. The molecule has 2 rings (SSSR count). The predicted octanol–water partition coefficient (Wildman–Crippen LogP) is 2.29. The van der Waals surface area contributed by atoms with Crippen LogP contribution in [0.1, 0.15) is 18.0 Å². The summed E-state index contributed by atoms with van der Waals surface area (Å²) in [7, 11) is 0. The van der Waals surface area contributed by atoms with Crippen molar-refractivity contribution >= 4 is 22.7 Å². The third kappa shape index (κ3) is 1.77. The normalized spacial score (nSPS) is 13.1. The number of aromatic nitrogens is 2. The SMILES string of the molecule is CC(N)c1nnc(-c2cccs2)s1. The van der Waals surface area contributed by atoms with E-state index in [4.69, 9.17) is 5.73 Å². The molecule has 0 saturated carbocycles. The second kappa shape index (κ2) is 3.53. The van der Waals surface area contributed by atoms with Gasteiger partial charge in [0.2, 0.25) is 0 Å². The van der Waals surface area contributed by atoms with Crippen LogP contribution in [0, 0.1) is 0 Å². The first kappa shape index (κ1) is 8.80. The molecule has 5 heteroatoms. The molecular weight excluding hydrogens is 202 g/mol. The smallest absolute Gasteiger partial charge is 0.157 e. The van der Waals surface area contributed by atoms with E-state index in [0.29, 0.717) is 0 Å². The Bertz CT molecular complexity index is 378. The average molecular weight is 211 g/mol. The van der Waals surface area contributed by atoms with Gasteiger partial charge >= 0.3 is 0 Å². The Balaban J connectivity index is 2.33. The first-order valence-corrected chi connectivity index (χ1v) is 5.60. The molecule has 0 amide bonds. The fraction of sp³-hybridized carbons (Fsp3) is 0.250. The molecule has 2 aromatic heterocycles. The third-order valence-electron chi connectivity index (χ3n) is 1.56. The monoisotopic (exact) mass is 211 g/mol. The predicted molar refractivity (Wildman–Crippen MR) is 55.8 cm³/mol. The summed E-state index contributed by atoms with van der Waals surface area (Å²) >= 11 is 3.23. The highest BCUT2D eigenvalue weighted by Crippen LogP contribution is 2.28. The van der Waals surface area contributed by atoms with Crippen molar-refractivity contribution in [2.45, 2.75) is 13.0 Å². The summed E-state index contributed by atoms with van der Waals surface area (Å²) in [4.78, 5) is 1.16. The van der Waals surface area contributed by atoms with E-state index < -0.39 is 0 Å². The fourth-order valence-electron chi connectivity index (χ4n) is 0.918. The summed E-state index contributed by atoms with van der Waals surface area (Å²) < 4.78 is 0. The van der Waals surface area contributed by atoms with Gasteiger partial charge in [-0.15, -0.1) is 21.5 Å². The number of nitrogens with zero attached hydrogens (tertiary/aromatic N) is 2. The van der Waals surface area contributed by atoms with Gasteiger partial charge in [0.1, 0.15) is 5.01 Å². The molecule has 0 saturated heterocycles. The molecule has 0 aliphatic rings. The molecule has 2 heterocycles. The van der Waals surface area contributed by atoms with Crippen molar-refractivity contribution in [1.29, 1.82) is 0 Å². The lowest BCUT2D eigenvalue weighted by Gasteiger charge is -1.93. The van der Waals surface area contributed by atoms with Crippen LogP contribution in [0.25, 0.3) is 9.88 Å². The van der Waals surface area contributed by atoms with Gasteiger partial charge in [0.15, 0.2) is 5.01 Å². The Morgan fingerprint density at radius 3 is 2.85 bits per heavy atom. The van der Waals surface area contributed by atoms with E-state index >= 15 is 0 Å². The topological polar surface area (TPSA) is 51.8 Å². The van der Waals surface area contributed by atoms with Crippen LogP contribution in [-0.2, 0) is 0 Å². The van der Waals surface area contributed by atoms with Crippen LogP contribution in [0.3, 0.4) is 0 Å². The van der Waals surface area contributed by atoms with Gasteiger partial charge < -0.3 is 5.73 Å². The average Bonchev–Trinajstić information content (AvgIpc) is 2.75. The Hall–Kier alpha value is -0.780. The maximum Gasteiger partial charge on any atom is 0.157 e. The van der Waals surface area contributed by atoms with E-state index in [1.165, 1.54) is 0 Å². The second-order valence-electron chi connectivity index (χ2n) is 2.71. The summed E-state index contributed by atoms with van der Waals surface area (Å²) in [5, 5.41) is 12.0. The van der Waals surface area contributed by atoms with Crippen molar-refractivity contribution in [2.75, 3.05) is 0 Å². The van der Waals surface area contributed by atoms with Crippen molar-refractivity contribution in [3.8, 4) is 9.88 Å². The first-order valence-electron chi connectivity index (χ1n) is 3.90. The first-order chi connectivity index (χ1) is 6.27. The minimum atomic E-state index is -0.0220. The van der Waals surface area contributed by atoms with Gasteiger partial charge in [-0.1, -0.05) is 17.4 Å². The zero-order valence-electron chi connectivity index (χ0n) is 7.10. The van der Waals surface area contributed by atoms with E-state index in [-0.39, 0.29) is 6.04 Å². The Kier molecular flexibility index (Phi) is 2.39. The molecule has 0 fully saturated rings. The van der Waals surface area contributed by atoms with Crippen LogP contribution >= 0.6 is 22.7 Å². The molecule has 0 bridgehead atoms. The van der Waals surface area contributed by atoms with Crippen LogP contribution in [0.4, 0.5) is 0 Å². The van der Waals surface area contributed by atoms with Crippen LogP contribution in [0.15, 0.2) is 17.5 Å². The van der Waals surface area contributed by atoms with E-state index in [9.17, 15) is 0 Å². The van der Waals surface area contributed by atoms with Crippen LogP contribution < -0.4 is 5.73 Å². The minimum absolute atomic E-state index is 0.0220. The molecule has 0 radical (unpaired) electrons. The highest BCUT2D eigenvalue weighted by atomic mass is 32.1. The summed E-state index contributed by atoms with van der Waals surface area (Å²) in [6, 6.07) is 4.02. The molecule has 2 aromatic rings.